The molecule has 0 saturated carbocycles. The number of furan rings is 1. The lowest BCUT2D eigenvalue weighted by atomic mass is 10.2. The number of hydrogen-bond donors (Lipinski definition) is 0. The number of halogens is 1. The summed E-state index contributed by atoms with van der Waals surface area (Å²) in [7, 11) is 0. The summed E-state index contributed by atoms with van der Waals surface area (Å²) < 4.78 is 8.21. The Morgan fingerprint density at radius 2 is 2.20 bits per heavy atom. The van der Waals surface area contributed by atoms with Crippen molar-refractivity contribution >= 4 is 33.6 Å². The lowest BCUT2D eigenvalue weighted by molar-refractivity contribution is -0.128. The number of benzene rings is 1. The van der Waals surface area contributed by atoms with Crippen molar-refractivity contribution in [2.45, 2.75) is 18.5 Å². The lowest BCUT2D eigenvalue weighted by Gasteiger charge is -2.20. The second-order valence-corrected chi connectivity index (χ2v) is 7.72. The van der Waals surface area contributed by atoms with Crippen LogP contribution in [0.15, 0.2) is 57.7 Å². The predicted molar refractivity (Wildman–Crippen MR) is 97.7 cm³/mol. The standard InChI is InChI=1S/C17H15BrN4O2S/c18-13-4-1-3-12(7-13)8-21-10-15(19-20-21)17-22(16(23)11-25-17)9-14-5-2-6-24-14/h1-7,10,17H,8-9,11H2/t17-/m1/s1. The van der Waals surface area contributed by atoms with Crippen molar-refractivity contribution in [3.05, 3.63) is 70.3 Å². The highest BCUT2D eigenvalue weighted by Gasteiger charge is 2.35. The van der Waals surface area contributed by atoms with Gasteiger partial charge in [0.05, 0.1) is 31.3 Å². The topological polar surface area (TPSA) is 64.2 Å². The van der Waals surface area contributed by atoms with Crippen molar-refractivity contribution in [2.75, 3.05) is 5.75 Å². The molecule has 1 fully saturated rings. The molecule has 2 aromatic heterocycles. The van der Waals surface area contributed by atoms with Gasteiger partial charge in [0.2, 0.25) is 5.91 Å². The van der Waals surface area contributed by atoms with Crippen molar-refractivity contribution in [1.29, 1.82) is 0 Å². The van der Waals surface area contributed by atoms with Crippen molar-refractivity contribution in [1.82, 2.24) is 19.9 Å². The molecule has 25 heavy (non-hydrogen) atoms. The summed E-state index contributed by atoms with van der Waals surface area (Å²) in [5.41, 5.74) is 1.92. The molecule has 3 heterocycles. The fourth-order valence-corrected chi connectivity index (χ4v) is 4.33. The van der Waals surface area contributed by atoms with Crippen LogP contribution >= 0.6 is 27.7 Å². The third-order valence-corrected chi connectivity index (χ3v) is 5.64. The van der Waals surface area contributed by atoms with E-state index in [1.54, 1.807) is 27.6 Å². The van der Waals surface area contributed by atoms with Gasteiger partial charge in [-0.15, -0.1) is 16.9 Å². The molecule has 1 atom stereocenters. The molecule has 0 radical (unpaired) electrons. The Balaban J connectivity index is 1.51. The van der Waals surface area contributed by atoms with Crippen molar-refractivity contribution < 1.29 is 9.21 Å². The number of amides is 1. The maximum Gasteiger partial charge on any atom is 0.234 e. The van der Waals surface area contributed by atoms with Gasteiger partial charge in [0.1, 0.15) is 16.8 Å². The third kappa shape index (κ3) is 3.64. The third-order valence-electron chi connectivity index (χ3n) is 3.92. The quantitative estimate of drug-likeness (QED) is 0.634. The van der Waals surface area contributed by atoms with Crippen LogP contribution in [0.4, 0.5) is 0 Å². The number of aromatic nitrogens is 3. The van der Waals surface area contributed by atoms with Crippen molar-refractivity contribution in [2.24, 2.45) is 0 Å². The summed E-state index contributed by atoms with van der Waals surface area (Å²) in [4.78, 5) is 14.0. The van der Waals surface area contributed by atoms with E-state index in [1.807, 2.05) is 36.5 Å². The number of nitrogens with zero attached hydrogens (tertiary/aromatic N) is 4. The largest absolute Gasteiger partial charge is 0.467 e. The second kappa shape index (κ2) is 7.05. The molecular weight excluding hydrogens is 404 g/mol. The highest BCUT2D eigenvalue weighted by atomic mass is 79.9. The molecule has 1 saturated heterocycles. The van der Waals surface area contributed by atoms with E-state index in [0.29, 0.717) is 18.8 Å². The van der Waals surface area contributed by atoms with Crippen LogP contribution in [0, 0.1) is 0 Å². The van der Waals surface area contributed by atoms with Crippen LogP contribution in [0.3, 0.4) is 0 Å². The first-order chi connectivity index (χ1) is 12.2. The van der Waals surface area contributed by atoms with Crippen LogP contribution in [-0.4, -0.2) is 31.6 Å². The Labute approximate surface area is 157 Å². The maximum atomic E-state index is 12.2. The Kier molecular flexibility index (Phi) is 4.63. The van der Waals surface area contributed by atoms with Gasteiger partial charge in [-0.05, 0) is 29.8 Å². The minimum atomic E-state index is -0.131. The molecule has 0 bridgehead atoms. The van der Waals surface area contributed by atoms with Crippen LogP contribution in [-0.2, 0) is 17.9 Å². The molecule has 1 aromatic carbocycles. The van der Waals surface area contributed by atoms with Crippen LogP contribution in [0.1, 0.15) is 22.4 Å². The normalized spacial score (nSPS) is 17.4. The molecule has 4 rings (SSSR count). The molecule has 1 aliphatic rings. The molecular formula is C17H15BrN4O2S. The van der Waals surface area contributed by atoms with Gasteiger partial charge in [0, 0.05) is 4.47 Å². The summed E-state index contributed by atoms with van der Waals surface area (Å²) in [6.45, 7) is 1.08. The number of carbonyl (C=O) groups excluding carboxylic acids is 1. The second-order valence-electron chi connectivity index (χ2n) is 5.74. The smallest absolute Gasteiger partial charge is 0.234 e. The minimum absolute atomic E-state index is 0.0907. The highest BCUT2D eigenvalue weighted by Crippen LogP contribution is 2.38. The van der Waals surface area contributed by atoms with Gasteiger partial charge in [0.15, 0.2) is 0 Å². The molecule has 1 aliphatic heterocycles. The van der Waals surface area contributed by atoms with Gasteiger partial charge >= 0.3 is 0 Å². The summed E-state index contributed by atoms with van der Waals surface area (Å²) in [6.07, 6.45) is 3.53. The Hall–Kier alpha value is -2.06. The molecule has 0 spiro atoms. The molecule has 6 nitrogen and oxygen atoms in total. The van der Waals surface area contributed by atoms with E-state index in [2.05, 4.69) is 32.3 Å². The van der Waals surface area contributed by atoms with E-state index >= 15 is 0 Å². The number of carbonyl (C=O) groups is 1. The van der Waals surface area contributed by atoms with Gasteiger partial charge in [-0.2, -0.15) is 0 Å². The zero-order valence-electron chi connectivity index (χ0n) is 13.2. The van der Waals surface area contributed by atoms with E-state index in [0.717, 1.165) is 21.5 Å². The average molecular weight is 419 g/mol. The maximum absolute atomic E-state index is 12.2. The van der Waals surface area contributed by atoms with Crippen LogP contribution in [0.2, 0.25) is 0 Å². The summed E-state index contributed by atoms with van der Waals surface area (Å²) in [5, 5.41) is 8.37. The first kappa shape index (κ1) is 16.4. The highest BCUT2D eigenvalue weighted by molar-refractivity contribution is 9.10. The van der Waals surface area contributed by atoms with Gasteiger partial charge in [0.25, 0.3) is 0 Å². The summed E-state index contributed by atoms with van der Waals surface area (Å²) in [5.74, 6) is 1.31. The number of rotatable bonds is 5. The minimum Gasteiger partial charge on any atom is -0.467 e. The first-order valence-electron chi connectivity index (χ1n) is 7.77. The van der Waals surface area contributed by atoms with E-state index in [9.17, 15) is 4.79 Å². The summed E-state index contributed by atoms with van der Waals surface area (Å²) >= 11 is 5.04. The average Bonchev–Trinajstić information content (AvgIpc) is 3.31. The van der Waals surface area contributed by atoms with Crippen molar-refractivity contribution in [3.63, 3.8) is 0 Å². The van der Waals surface area contributed by atoms with Gasteiger partial charge in [-0.3, -0.25) is 4.79 Å². The molecule has 0 aliphatic carbocycles. The lowest BCUT2D eigenvalue weighted by Crippen LogP contribution is -2.27. The van der Waals surface area contributed by atoms with Gasteiger partial charge in [-0.1, -0.05) is 33.3 Å². The molecule has 128 valence electrons. The monoisotopic (exact) mass is 418 g/mol. The Morgan fingerprint density at radius 1 is 1.28 bits per heavy atom. The van der Waals surface area contributed by atoms with Gasteiger partial charge < -0.3 is 9.32 Å². The summed E-state index contributed by atoms with van der Waals surface area (Å²) in [6, 6.07) is 11.8. The van der Waals surface area contributed by atoms with Crippen LogP contribution in [0.5, 0.6) is 0 Å². The van der Waals surface area contributed by atoms with E-state index < -0.39 is 0 Å². The van der Waals surface area contributed by atoms with E-state index in [-0.39, 0.29) is 11.3 Å². The number of thioether (sulfide) groups is 1. The molecule has 0 unspecified atom stereocenters. The molecule has 3 aromatic rings. The Morgan fingerprint density at radius 3 is 3.00 bits per heavy atom. The zero-order valence-corrected chi connectivity index (χ0v) is 15.6. The zero-order chi connectivity index (χ0) is 17.2. The number of hydrogen-bond acceptors (Lipinski definition) is 5. The first-order valence-corrected chi connectivity index (χ1v) is 9.61. The molecule has 0 N–H and O–H groups in total. The van der Waals surface area contributed by atoms with Gasteiger partial charge in [-0.25, -0.2) is 4.68 Å². The SMILES string of the molecule is O=C1CS[C@H](c2cn(Cc3cccc(Br)c3)nn2)N1Cc1ccco1. The van der Waals surface area contributed by atoms with Crippen molar-refractivity contribution in [3.8, 4) is 0 Å². The Bertz CT molecular complexity index is 880. The van der Waals surface area contributed by atoms with Crippen LogP contribution in [0.25, 0.3) is 0 Å². The molecule has 1 amide bonds. The fourth-order valence-electron chi connectivity index (χ4n) is 2.77. The van der Waals surface area contributed by atoms with Crippen LogP contribution < -0.4 is 0 Å². The fraction of sp³-hybridized carbons (Fsp3) is 0.235. The molecule has 8 heteroatoms. The van der Waals surface area contributed by atoms with E-state index in [4.69, 9.17) is 4.42 Å². The van der Waals surface area contributed by atoms with E-state index in [1.165, 1.54) is 0 Å². The predicted octanol–water partition coefficient (Wildman–Crippen LogP) is 3.46.